The SMILES string of the molecule is COC(=O)CCc1c(C)nn(-c2ccc(C(=O)OCC(=O)c3cc(C)n(C(C)C)c3C)cc2)c1C. The highest BCUT2D eigenvalue weighted by atomic mass is 16.5. The highest BCUT2D eigenvalue weighted by Gasteiger charge is 2.19. The molecule has 0 aliphatic rings. The van der Waals surface area contributed by atoms with Crippen molar-refractivity contribution < 1.29 is 23.9 Å². The molecule has 0 spiro atoms. The first kappa shape index (κ1) is 25.9. The maximum absolute atomic E-state index is 12.7. The molecule has 0 atom stereocenters. The van der Waals surface area contributed by atoms with E-state index >= 15 is 0 Å². The number of aromatic nitrogens is 3. The molecule has 35 heavy (non-hydrogen) atoms. The van der Waals surface area contributed by atoms with Gasteiger partial charge in [0.1, 0.15) is 0 Å². The van der Waals surface area contributed by atoms with Gasteiger partial charge in [-0.2, -0.15) is 5.10 Å². The molecular weight excluding hydrogens is 446 g/mol. The third kappa shape index (κ3) is 5.53. The van der Waals surface area contributed by atoms with E-state index in [1.54, 1.807) is 28.9 Å². The van der Waals surface area contributed by atoms with E-state index in [2.05, 4.69) is 23.5 Å². The average molecular weight is 480 g/mol. The van der Waals surface area contributed by atoms with Gasteiger partial charge in [0.15, 0.2) is 6.61 Å². The molecule has 8 heteroatoms. The smallest absolute Gasteiger partial charge is 0.338 e. The van der Waals surface area contributed by atoms with Crippen molar-refractivity contribution in [2.24, 2.45) is 0 Å². The Balaban J connectivity index is 1.67. The molecule has 2 aromatic heterocycles. The van der Waals surface area contributed by atoms with Gasteiger partial charge >= 0.3 is 11.9 Å². The van der Waals surface area contributed by atoms with E-state index in [0.29, 0.717) is 17.5 Å². The van der Waals surface area contributed by atoms with E-state index in [1.165, 1.54) is 7.11 Å². The van der Waals surface area contributed by atoms with Crippen LogP contribution >= 0.6 is 0 Å². The lowest BCUT2D eigenvalue weighted by atomic mass is 10.1. The van der Waals surface area contributed by atoms with E-state index in [-0.39, 0.29) is 30.8 Å². The summed E-state index contributed by atoms with van der Waals surface area (Å²) >= 11 is 0. The molecule has 0 amide bonds. The van der Waals surface area contributed by atoms with Crippen LogP contribution in [0.3, 0.4) is 0 Å². The summed E-state index contributed by atoms with van der Waals surface area (Å²) in [6, 6.07) is 8.93. The first-order chi connectivity index (χ1) is 16.5. The number of carbonyl (C=O) groups is 3. The van der Waals surface area contributed by atoms with E-state index in [9.17, 15) is 14.4 Å². The molecule has 3 aromatic rings. The molecule has 0 saturated heterocycles. The number of hydrogen-bond donors (Lipinski definition) is 0. The van der Waals surface area contributed by atoms with Gasteiger partial charge in [-0.25, -0.2) is 9.48 Å². The van der Waals surface area contributed by atoms with Crippen LogP contribution in [-0.2, 0) is 20.7 Å². The Bertz CT molecular complexity index is 1250. The Morgan fingerprint density at radius 2 is 1.66 bits per heavy atom. The molecule has 8 nitrogen and oxygen atoms in total. The highest BCUT2D eigenvalue weighted by Crippen LogP contribution is 2.22. The largest absolute Gasteiger partial charge is 0.469 e. The topological polar surface area (TPSA) is 92.4 Å². The van der Waals surface area contributed by atoms with Crippen LogP contribution < -0.4 is 0 Å². The molecule has 0 N–H and O–H groups in total. The fourth-order valence-electron chi connectivity index (χ4n) is 4.50. The van der Waals surface area contributed by atoms with Crippen molar-refractivity contribution in [3.8, 4) is 5.69 Å². The number of ketones is 1. The van der Waals surface area contributed by atoms with Gasteiger partial charge in [-0.05, 0) is 83.9 Å². The summed E-state index contributed by atoms with van der Waals surface area (Å²) in [5.41, 5.74) is 6.34. The van der Waals surface area contributed by atoms with E-state index in [4.69, 9.17) is 9.47 Å². The van der Waals surface area contributed by atoms with Crippen LogP contribution in [0.2, 0.25) is 0 Å². The Hall–Kier alpha value is -3.68. The zero-order valence-corrected chi connectivity index (χ0v) is 21.5. The number of rotatable bonds is 9. The normalized spacial score (nSPS) is 11.1. The van der Waals surface area contributed by atoms with Crippen molar-refractivity contribution in [2.45, 2.75) is 60.4 Å². The molecule has 0 saturated carbocycles. The fourth-order valence-corrected chi connectivity index (χ4v) is 4.50. The lowest BCUT2D eigenvalue weighted by Gasteiger charge is -2.13. The van der Waals surface area contributed by atoms with Gasteiger partial charge in [-0.1, -0.05) is 0 Å². The minimum atomic E-state index is -0.560. The predicted molar refractivity (Wildman–Crippen MR) is 132 cm³/mol. The quantitative estimate of drug-likeness (QED) is 0.328. The van der Waals surface area contributed by atoms with Crippen LogP contribution in [0.25, 0.3) is 5.69 Å². The van der Waals surface area contributed by atoms with Gasteiger partial charge in [0.2, 0.25) is 5.78 Å². The third-order valence-corrected chi connectivity index (χ3v) is 6.23. The van der Waals surface area contributed by atoms with Crippen LogP contribution in [0.5, 0.6) is 0 Å². The van der Waals surface area contributed by atoms with Gasteiger partial charge in [0, 0.05) is 35.1 Å². The van der Waals surface area contributed by atoms with Gasteiger partial charge in [0.25, 0.3) is 0 Å². The van der Waals surface area contributed by atoms with Gasteiger partial charge in [-0.15, -0.1) is 0 Å². The second-order valence-corrected chi connectivity index (χ2v) is 8.93. The summed E-state index contributed by atoms with van der Waals surface area (Å²) in [5.74, 6) is -1.05. The molecule has 3 rings (SSSR count). The van der Waals surface area contributed by atoms with Crippen molar-refractivity contribution in [1.29, 1.82) is 0 Å². The molecule has 1 aromatic carbocycles. The maximum Gasteiger partial charge on any atom is 0.338 e. The number of methoxy groups -OCH3 is 1. The second-order valence-electron chi connectivity index (χ2n) is 8.93. The number of aryl methyl sites for hydroxylation is 2. The van der Waals surface area contributed by atoms with Crippen molar-refractivity contribution in [1.82, 2.24) is 14.3 Å². The van der Waals surface area contributed by atoms with Gasteiger partial charge in [0.05, 0.1) is 24.1 Å². The number of ether oxygens (including phenoxy) is 2. The number of nitrogens with zero attached hydrogens (tertiary/aromatic N) is 3. The van der Waals surface area contributed by atoms with Gasteiger partial charge in [-0.3, -0.25) is 9.59 Å². The Morgan fingerprint density at radius 3 is 2.23 bits per heavy atom. The van der Waals surface area contributed by atoms with Crippen molar-refractivity contribution in [3.63, 3.8) is 0 Å². The van der Waals surface area contributed by atoms with Crippen molar-refractivity contribution in [2.75, 3.05) is 13.7 Å². The number of benzene rings is 1. The second kappa shape index (κ2) is 10.7. The minimum Gasteiger partial charge on any atom is -0.469 e. The molecule has 0 aliphatic heterocycles. The Labute approximate surface area is 205 Å². The van der Waals surface area contributed by atoms with Crippen LogP contribution in [0.15, 0.2) is 30.3 Å². The molecule has 0 bridgehead atoms. The Kier molecular flexibility index (Phi) is 7.94. The molecule has 0 fully saturated rings. The number of hydrogen-bond acceptors (Lipinski definition) is 6. The third-order valence-electron chi connectivity index (χ3n) is 6.23. The summed E-state index contributed by atoms with van der Waals surface area (Å²) in [5, 5.41) is 4.58. The summed E-state index contributed by atoms with van der Waals surface area (Å²) in [4.78, 5) is 36.7. The molecular formula is C27H33N3O5. The lowest BCUT2D eigenvalue weighted by Crippen LogP contribution is -2.15. The average Bonchev–Trinajstić information content (AvgIpc) is 3.29. The van der Waals surface area contributed by atoms with Crippen LogP contribution in [0.1, 0.15) is 75.4 Å². The lowest BCUT2D eigenvalue weighted by molar-refractivity contribution is -0.140. The number of Topliss-reactive ketones (excluding diaryl/α,β-unsaturated/α-hetero) is 1. The monoisotopic (exact) mass is 479 g/mol. The predicted octanol–water partition coefficient (Wildman–Crippen LogP) is 4.63. The van der Waals surface area contributed by atoms with E-state index in [0.717, 1.165) is 34.0 Å². The zero-order valence-electron chi connectivity index (χ0n) is 21.5. The Morgan fingerprint density at radius 1 is 1.00 bits per heavy atom. The standard InChI is InChI=1S/C27H33N3O5/c1-16(2)29-17(3)14-24(19(29)5)25(31)15-35-27(33)21-8-10-22(11-9-21)30-20(6)23(18(4)28-30)12-13-26(32)34-7/h8-11,14,16H,12-13,15H2,1-7H3. The van der Waals surface area contributed by atoms with Crippen LogP contribution in [-0.4, -0.2) is 45.8 Å². The van der Waals surface area contributed by atoms with Crippen molar-refractivity contribution >= 4 is 17.7 Å². The van der Waals surface area contributed by atoms with E-state index in [1.807, 2.05) is 33.8 Å². The highest BCUT2D eigenvalue weighted by molar-refractivity contribution is 6.00. The molecule has 0 radical (unpaired) electrons. The van der Waals surface area contributed by atoms with E-state index < -0.39 is 5.97 Å². The van der Waals surface area contributed by atoms with Crippen molar-refractivity contribution in [3.05, 3.63) is 69.8 Å². The molecule has 0 unspecified atom stereocenters. The first-order valence-electron chi connectivity index (χ1n) is 11.7. The fraction of sp³-hybridized carbons (Fsp3) is 0.407. The maximum atomic E-state index is 12.7. The number of esters is 2. The van der Waals surface area contributed by atoms with Crippen LogP contribution in [0, 0.1) is 27.7 Å². The minimum absolute atomic E-state index is 0.225. The summed E-state index contributed by atoms with van der Waals surface area (Å²) in [7, 11) is 1.37. The molecule has 0 aliphatic carbocycles. The van der Waals surface area contributed by atoms with Gasteiger partial charge < -0.3 is 14.0 Å². The molecule has 186 valence electrons. The first-order valence-corrected chi connectivity index (χ1v) is 11.7. The summed E-state index contributed by atoms with van der Waals surface area (Å²) < 4.78 is 13.9. The zero-order chi connectivity index (χ0) is 25.9. The van der Waals surface area contributed by atoms with Crippen LogP contribution in [0.4, 0.5) is 0 Å². The summed E-state index contributed by atoms with van der Waals surface area (Å²) in [6.45, 7) is 11.5. The molecule has 2 heterocycles. The number of carbonyl (C=O) groups excluding carboxylic acids is 3. The summed E-state index contributed by atoms with van der Waals surface area (Å²) in [6.07, 6.45) is 0.830.